The number of hydrogen-bond donors (Lipinski definition) is 0. The van der Waals surface area contributed by atoms with E-state index in [0.29, 0.717) is 0 Å². The molecule has 0 fully saturated rings. The molecular formula is C9H14Br2N2. The molecule has 0 radical (unpaired) electrons. The molecule has 0 aromatic carbocycles. The van der Waals surface area contributed by atoms with Gasteiger partial charge in [-0.1, -0.05) is 6.07 Å². The minimum Gasteiger partial charge on any atom is -1.00 e. The SMILES string of the molecule is C[N+](C)(C)Cc1cccc(Br)n1.[Br-]. The maximum absolute atomic E-state index is 4.36. The van der Waals surface area contributed by atoms with Crippen LogP contribution >= 0.6 is 15.9 Å². The first-order valence-electron chi connectivity index (χ1n) is 3.89. The normalized spacial score (nSPS) is 10.8. The van der Waals surface area contributed by atoms with Crippen molar-refractivity contribution in [3.05, 3.63) is 28.5 Å². The molecule has 1 aromatic heterocycles. The van der Waals surface area contributed by atoms with Crippen LogP contribution < -0.4 is 17.0 Å². The number of quaternary nitrogens is 1. The van der Waals surface area contributed by atoms with Crippen LogP contribution in [0.25, 0.3) is 0 Å². The summed E-state index contributed by atoms with van der Waals surface area (Å²) in [7, 11) is 6.47. The van der Waals surface area contributed by atoms with Gasteiger partial charge in [0, 0.05) is 0 Å². The van der Waals surface area contributed by atoms with E-state index in [4.69, 9.17) is 0 Å². The summed E-state index contributed by atoms with van der Waals surface area (Å²) in [4.78, 5) is 4.36. The Morgan fingerprint density at radius 1 is 1.31 bits per heavy atom. The Morgan fingerprint density at radius 3 is 2.38 bits per heavy atom. The molecule has 2 nitrogen and oxygen atoms in total. The Balaban J connectivity index is 0.00000144. The number of pyridine rings is 1. The second-order valence-corrected chi connectivity index (χ2v) is 4.71. The molecule has 1 rings (SSSR count). The summed E-state index contributed by atoms with van der Waals surface area (Å²) in [5, 5.41) is 0. The van der Waals surface area contributed by atoms with Crippen molar-refractivity contribution in [1.82, 2.24) is 4.98 Å². The van der Waals surface area contributed by atoms with Crippen LogP contribution in [0.1, 0.15) is 5.69 Å². The van der Waals surface area contributed by atoms with Crippen molar-refractivity contribution < 1.29 is 21.5 Å². The summed E-state index contributed by atoms with van der Waals surface area (Å²) in [6.45, 7) is 0.958. The number of aromatic nitrogens is 1. The zero-order valence-electron chi connectivity index (χ0n) is 8.09. The molecule has 1 heterocycles. The van der Waals surface area contributed by atoms with Crippen LogP contribution in [0.15, 0.2) is 22.8 Å². The minimum atomic E-state index is 0. The molecule has 0 spiro atoms. The van der Waals surface area contributed by atoms with Gasteiger partial charge < -0.3 is 21.5 Å². The highest BCUT2D eigenvalue weighted by molar-refractivity contribution is 9.10. The molecule has 0 atom stereocenters. The largest absolute Gasteiger partial charge is 1.00 e. The average molecular weight is 310 g/mol. The summed E-state index contributed by atoms with van der Waals surface area (Å²) in [6, 6.07) is 6.01. The fourth-order valence-corrected chi connectivity index (χ4v) is 1.40. The highest BCUT2D eigenvalue weighted by Crippen LogP contribution is 2.09. The molecule has 74 valence electrons. The van der Waals surface area contributed by atoms with E-state index < -0.39 is 0 Å². The minimum absolute atomic E-state index is 0. The lowest BCUT2D eigenvalue weighted by atomic mass is 10.3. The lowest BCUT2D eigenvalue weighted by molar-refractivity contribution is -0.884. The maximum atomic E-state index is 4.36. The predicted molar refractivity (Wildman–Crippen MR) is 53.7 cm³/mol. The van der Waals surface area contributed by atoms with Crippen molar-refractivity contribution in [3.63, 3.8) is 0 Å². The summed E-state index contributed by atoms with van der Waals surface area (Å²) >= 11 is 3.35. The monoisotopic (exact) mass is 308 g/mol. The Kier molecular flexibility index (Phi) is 5.10. The molecule has 4 heteroatoms. The summed E-state index contributed by atoms with van der Waals surface area (Å²) in [5.74, 6) is 0. The van der Waals surface area contributed by atoms with Crippen LogP contribution in [0.4, 0.5) is 0 Å². The molecule has 0 N–H and O–H groups in total. The molecule has 0 aliphatic heterocycles. The van der Waals surface area contributed by atoms with Crippen molar-refractivity contribution in [2.75, 3.05) is 21.1 Å². The number of rotatable bonds is 2. The Bertz CT molecular complexity index is 269. The van der Waals surface area contributed by atoms with Crippen molar-refractivity contribution in [3.8, 4) is 0 Å². The molecular weight excluding hydrogens is 296 g/mol. The van der Waals surface area contributed by atoms with Crippen LogP contribution in [0.2, 0.25) is 0 Å². The smallest absolute Gasteiger partial charge is 0.121 e. The van der Waals surface area contributed by atoms with Crippen molar-refractivity contribution >= 4 is 15.9 Å². The number of nitrogens with zero attached hydrogens (tertiary/aromatic N) is 2. The molecule has 0 saturated carbocycles. The van der Waals surface area contributed by atoms with Gasteiger partial charge in [-0.15, -0.1) is 0 Å². The lowest BCUT2D eigenvalue weighted by Crippen LogP contribution is -3.00. The van der Waals surface area contributed by atoms with Gasteiger partial charge in [0.2, 0.25) is 0 Å². The van der Waals surface area contributed by atoms with Gasteiger partial charge in [-0.2, -0.15) is 0 Å². The first-order chi connectivity index (χ1) is 5.47. The maximum Gasteiger partial charge on any atom is 0.121 e. The van der Waals surface area contributed by atoms with Crippen LogP contribution in [-0.2, 0) is 6.54 Å². The zero-order chi connectivity index (χ0) is 9.19. The van der Waals surface area contributed by atoms with E-state index in [-0.39, 0.29) is 17.0 Å². The van der Waals surface area contributed by atoms with Crippen LogP contribution in [0, 0.1) is 0 Å². The Morgan fingerprint density at radius 2 is 1.92 bits per heavy atom. The van der Waals surface area contributed by atoms with Crippen LogP contribution in [0.3, 0.4) is 0 Å². The highest BCUT2D eigenvalue weighted by atomic mass is 79.9. The summed E-state index contributed by atoms with van der Waals surface area (Å²) in [5.41, 5.74) is 1.12. The van der Waals surface area contributed by atoms with Gasteiger partial charge in [0.1, 0.15) is 11.1 Å². The third-order valence-corrected chi connectivity index (χ3v) is 1.85. The highest BCUT2D eigenvalue weighted by Gasteiger charge is 2.08. The topological polar surface area (TPSA) is 12.9 Å². The molecule has 0 unspecified atom stereocenters. The van der Waals surface area contributed by atoms with Gasteiger partial charge >= 0.3 is 0 Å². The van der Waals surface area contributed by atoms with Crippen molar-refractivity contribution in [1.29, 1.82) is 0 Å². The summed E-state index contributed by atoms with van der Waals surface area (Å²) in [6.07, 6.45) is 0. The van der Waals surface area contributed by atoms with E-state index in [1.807, 2.05) is 18.2 Å². The van der Waals surface area contributed by atoms with Crippen LogP contribution in [-0.4, -0.2) is 30.6 Å². The fourth-order valence-electron chi connectivity index (χ4n) is 1.02. The molecule has 0 amide bonds. The van der Waals surface area contributed by atoms with E-state index >= 15 is 0 Å². The molecule has 0 aliphatic carbocycles. The van der Waals surface area contributed by atoms with Gasteiger partial charge in [0.25, 0.3) is 0 Å². The van der Waals surface area contributed by atoms with E-state index in [1.54, 1.807) is 0 Å². The lowest BCUT2D eigenvalue weighted by Gasteiger charge is -2.23. The first kappa shape index (κ1) is 13.1. The van der Waals surface area contributed by atoms with Gasteiger partial charge in [-0.25, -0.2) is 4.98 Å². The number of hydrogen-bond acceptors (Lipinski definition) is 1. The molecule has 0 bridgehead atoms. The van der Waals surface area contributed by atoms with Gasteiger partial charge in [-0.3, -0.25) is 0 Å². The van der Waals surface area contributed by atoms with E-state index in [2.05, 4.69) is 42.1 Å². The van der Waals surface area contributed by atoms with Gasteiger partial charge in [-0.05, 0) is 28.1 Å². The first-order valence-corrected chi connectivity index (χ1v) is 4.68. The van der Waals surface area contributed by atoms with E-state index in [0.717, 1.165) is 21.3 Å². The third kappa shape index (κ3) is 5.39. The Hall–Kier alpha value is 0.0700. The third-order valence-electron chi connectivity index (χ3n) is 1.41. The molecule has 0 aliphatic rings. The standard InChI is InChI=1S/C9H14BrN2.BrH/c1-12(2,3)7-8-5-4-6-9(10)11-8;/h4-6H,7H2,1-3H3;1H/q+1;/p-1. The van der Waals surface area contributed by atoms with Crippen molar-refractivity contribution in [2.45, 2.75) is 6.54 Å². The fraction of sp³-hybridized carbons (Fsp3) is 0.444. The van der Waals surface area contributed by atoms with E-state index in [1.165, 1.54) is 0 Å². The predicted octanol–water partition coefficient (Wildman–Crippen LogP) is -0.946. The second kappa shape index (κ2) is 5.08. The quantitative estimate of drug-likeness (QED) is 0.507. The van der Waals surface area contributed by atoms with Gasteiger partial charge in [0.05, 0.1) is 26.8 Å². The summed E-state index contributed by atoms with van der Waals surface area (Å²) < 4.78 is 1.82. The zero-order valence-corrected chi connectivity index (χ0v) is 11.3. The Labute approximate surface area is 98.5 Å². The van der Waals surface area contributed by atoms with E-state index in [9.17, 15) is 0 Å². The van der Waals surface area contributed by atoms with Gasteiger partial charge in [0.15, 0.2) is 0 Å². The number of halogens is 2. The second-order valence-electron chi connectivity index (χ2n) is 3.90. The molecule has 1 aromatic rings. The molecule has 0 saturated heterocycles. The molecule has 13 heavy (non-hydrogen) atoms. The van der Waals surface area contributed by atoms with Crippen LogP contribution in [0.5, 0.6) is 0 Å². The average Bonchev–Trinajstić information content (AvgIpc) is 1.82. The van der Waals surface area contributed by atoms with Crippen molar-refractivity contribution in [2.24, 2.45) is 0 Å².